The van der Waals surface area contributed by atoms with Gasteiger partial charge in [-0.1, -0.05) is 49.5 Å². The van der Waals surface area contributed by atoms with Crippen molar-refractivity contribution < 1.29 is 14.3 Å². The minimum atomic E-state index is -0.231. The van der Waals surface area contributed by atoms with Crippen molar-refractivity contribution >= 4 is 46.4 Å². The van der Waals surface area contributed by atoms with Crippen LogP contribution >= 0.6 is 34.5 Å². The summed E-state index contributed by atoms with van der Waals surface area (Å²) < 4.78 is 6.16. The summed E-state index contributed by atoms with van der Waals surface area (Å²) in [5.74, 6) is 0.699. The van der Waals surface area contributed by atoms with Gasteiger partial charge in [-0.3, -0.25) is 9.59 Å². The molecule has 2 amide bonds. The summed E-state index contributed by atoms with van der Waals surface area (Å²) in [7, 11) is 0. The molecule has 0 fully saturated rings. The van der Waals surface area contributed by atoms with Crippen LogP contribution < -0.4 is 4.74 Å². The van der Waals surface area contributed by atoms with Crippen LogP contribution in [0.3, 0.4) is 0 Å². The minimum Gasteiger partial charge on any atom is -0.491 e. The Kier molecular flexibility index (Phi) is 9.17. The molecule has 196 valence electrons. The van der Waals surface area contributed by atoms with E-state index in [2.05, 4.69) is 25.3 Å². The highest BCUT2D eigenvalue weighted by molar-refractivity contribution is 7.10. The highest BCUT2D eigenvalue weighted by Gasteiger charge is 2.34. The molecule has 1 aromatic heterocycles. The molecule has 3 aromatic rings. The summed E-state index contributed by atoms with van der Waals surface area (Å²) in [4.78, 5) is 32.0. The van der Waals surface area contributed by atoms with Crippen LogP contribution in [0.15, 0.2) is 53.9 Å². The minimum absolute atomic E-state index is 0.00566. The van der Waals surface area contributed by atoms with Gasteiger partial charge in [-0.15, -0.1) is 11.3 Å². The summed E-state index contributed by atoms with van der Waals surface area (Å²) in [6, 6.07) is 14.3. The third-order valence-corrected chi connectivity index (χ3v) is 8.52. The SMILES string of the molecule is CC[C@@H](C)CN(CC(=O)N1CCc2sccc2[C@@H]1COc1ccc(Cl)c(C)c1)C(=O)c1cccc(Cl)c1. The number of ether oxygens (including phenoxy) is 1. The maximum Gasteiger partial charge on any atom is 0.254 e. The Balaban J connectivity index is 1.55. The molecule has 2 aromatic carbocycles. The predicted molar refractivity (Wildman–Crippen MR) is 151 cm³/mol. The molecule has 0 radical (unpaired) electrons. The molecule has 5 nitrogen and oxygen atoms in total. The fourth-order valence-corrected chi connectivity index (χ4v) is 5.78. The zero-order chi connectivity index (χ0) is 26.5. The molecule has 1 aliphatic heterocycles. The second-order valence-corrected chi connectivity index (χ2v) is 11.4. The van der Waals surface area contributed by atoms with Crippen LogP contribution in [0, 0.1) is 12.8 Å². The van der Waals surface area contributed by atoms with E-state index in [0.717, 1.165) is 24.0 Å². The van der Waals surface area contributed by atoms with Crippen LogP contribution in [0.1, 0.15) is 52.7 Å². The molecule has 1 aliphatic rings. The molecule has 0 N–H and O–H groups in total. The molecule has 37 heavy (non-hydrogen) atoms. The maximum absolute atomic E-state index is 13.8. The molecule has 8 heteroatoms. The number of carbonyl (C=O) groups excluding carboxylic acids is 2. The zero-order valence-electron chi connectivity index (χ0n) is 21.4. The molecule has 0 aliphatic carbocycles. The molecule has 4 rings (SSSR count). The fourth-order valence-electron chi connectivity index (χ4n) is 4.54. The van der Waals surface area contributed by atoms with Crippen molar-refractivity contribution in [1.29, 1.82) is 0 Å². The van der Waals surface area contributed by atoms with Crippen LogP contribution in [0.25, 0.3) is 0 Å². The van der Waals surface area contributed by atoms with Crippen molar-refractivity contribution in [1.82, 2.24) is 9.80 Å². The van der Waals surface area contributed by atoms with Gasteiger partial charge in [0.2, 0.25) is 5.91 Å². The topological polar surface area (TPSA) is 49.9 Å². The number of rotatable bonds is 9. The van der Waals surface area contributed by atoms with E-state index in [-0.39, 0.29) is 30.3 Å². The lowest BCUT2D eigenvalue weighted by Crippen LogP contribution is -2.48. The average Bonchev–Trinajstić information content (AvgIpc) is 3.37. The molecule has 0 spiro atoms. The predicted octanol–water partition coefficient (Wildman–Crippen LogP) is 7.06. The Hall–Kier alpha value is -2.54. The van der Waals surface area contributed by atoms with Crippen LogP contribution in [-0.4, -0.2) is 47.9 Å². The van der Waals surface area contributed by atoms with Gasteiger partial charge in [0, 0.05) is 33.6 Å². The Bertz CT molecular complexity index is 1260. The lowest BCUT2D eigenvalue weighted by Gasteiger charge is -2.37. The van der Waals surface area contributed by atoms with Crippen LogP contribution in [0.5, 0.6) is 5.75 Å². The molecule has 0 saturated heterocycles. The van der Waals surface area contributed by atoms with Gasteiger partial charge in [0.25, 0.3) is 5.91 Å². The standard InChI is InChI=1S/C29H32Cl2N2O3S/c1-4-19(2)16-32(29(35)21-6-5-7-22(30)15-21)17-28(34)33-12-10-27-24(11-13-37-27)26(33)18-36-23-8-9-25(31)20(3)14-23/h5-9,11,13-15,19,26H,4,10,12,16-18H2,1-3H3/t19-,26+/m1/s1. The van der Waals surface area contributed by atoms with Crippen molar-refractivity contribution in [2.24, 2.45) is 5.92 Å². The van der Waals surface area contributed by atoms with E-state index in [0.29, 0.717) is 41.1 Å². The second kappa shape index (κ2) is 12.3. The number of hydrogen-bond acceptors (Lipinski definition) is 4. The Morgan fingerprint density at radius 2 is 2.00 bits per heavy atom. The first-order valence-electron chi connectivity index (χ1n) is 12.6. The van der Waals surface area contributed by atoms with Gasteiger partial charge in [-0.2, -0.15) is 0 Å². The number of amides is 2. The van der Waals surface area contributed by atoms with Crippen molar-refractivity contribution in [3.8, 4) is 5.75 Å². The van der Waals surface area contributed by atoms with Gasteiger partial charge in [-0.05, 0) is 78.2 Å². The first kappa shape index (κ1) is 27.5. The normalized spacial score (nSPS) is 15.7. The summed E-state index contributed by atoms with van der Waals surface area (Å²) in [5, 5.41) is 3.25. The summed E-state index contributed by atoms with van der Waals surface area (Å²) in [6.45, 7) is 7.52. The molecule has 0 bridgehead atoms. The largest absolute Gasteiger partial charge is 0.491 e. The van der Waals surface area contributed by atoms with Crippen molar-refractivity contribution in [3.63, 3.8) is 0 Å². The highest BCUT2D eigenvalue weighted by Crippen LogP contribution is 2.34. The summed E-state index contributed by atoms with van der Waals surface area (Å²) >= 11 is 14.0. The average molecular weight is 560 g/mol. The fraction of sp³-hybridized carbons (Fsp3) is 0.379. The number of halogens is 2. The van der Waals surface area contributed by atoms with E-state index in [1.807, 2.05) is 30.0 Å². The van der Waals surface area contributed by atoms with E-state index in [9.17, 15) is 9.59 Å². The van der Waals surface area contributed by atoms with E-state index >= 15 is 0 Å². The second-order valence-electron chi connectivity index (χ2n) is 9.58. The number of carbonyl (C=O) groups is 2. The monoisotopic (exact) mass is 558 g/mol. The van der Waals surface area contributed by atoms with Gasteiger partial charge in [0.05, 0.1) is 6.04 Å². The number of hydrogen-bond donors (Lipinski definition) is 0. The lowest BCUT2D eigenvalue weighted by molar-refractivity contribution is -0.135. The molecule has 0 unspecified atom stereocenters. The highest BCUT2D eigenvalue weighted by atomic mass is 35.5. The first-order valence-corrected chi connectivity index (χ1v) is 14.2. The first-order chi connectivity index (χ1) is 17.8. The van der Waals surface area contributed by atoms with Crippen LogP contribution in [0.4, 0.5) is 0 Å². The Morgan fingerprint density at radius 3 is 2.73 bits per heavy atom. The van der Waals surface area contributed by atoms with E-state index < -0.39 is 0 Å². The summed E-state index contributed by atoms with van der Waals surface area (Å²) in [6.07, 6.45) is 1.70. The van der Waals surface area contributed by atoms with Crippen molar-refractivity contribution in [2.75, 3.05) is 26.2 Å². The molecule has 0 saturated carbocycles. The lowest BCUT2D eigenvalue weighted by atomic mass is 10.00. The number of thiophene rings is 1. The summed E-state index contributed by atoms with van der Waals surface area (Å²) in [5.41, 5.74) is 2.54. The van der Waals surface area contributed by atoms with Gasteiger partial charge in [0.1, 0.15) is 18.9 Å². The molecular formula is C29H32Cl2N2O3S. The number of aryl methyl sites for hydroxylation is 1. The molecule has 2 atom stereocenters. The zero-order valence-corrected chi connectivity index (χ0v) is 23.7. The van der Waals surface area contributed by atoms with E-state index in [1.54, 1.807) is 40.5 Å². The maximum atomic E-state index is 13.8. The van der Waals surface area contributed by atoms with Gasteiger partial charge >= 0.3 is 0 Å². The van der Waals surface area contributed by atoms with Gasteiger partial charge < -0.3 is 14.5 Å². The van der Waals surface area contributed by atoms with Crippen LogP contribution in [0.2, 0.25) is 10.0 Å². The third kappa shape index (κ3) is 6.67. The molecule has 2 heterocycles. The van der Waals surface area contributed by atoms with Gasteiger partial charge in [-0.25, -0.2) is 0 Å². The number of fused-ring (bicyclic) bond motifs is 1. The smallest absolute Gasteiger partial charge is 0.254 e. The van der Waals surface area contributed by atoms with Crippen LogP contribution in [-0.2, 0) is 11.2 Å². The molecular weight excluding hydrogens is 527 g/mol. The third-order valence-electron chi connectivity index (χ3n) is 6.87. The number of nitrogens with zero attached hydrogens (tertiary/aromatic N) is 2. The van der Waals surface area contributed by atoms with E-state index in [1.165, 1.54) is 4.88 Å². The quantitative estimate of drug-likeness (QED) is 0.282. The van der Waals surface area contributed by atoms with Crippen molar-refractivity contribution in [3.05, 3.63) is 85.5 Å². The van der Waals surface area contributed by atoms with Gasteiger partial charge in [0.15, 0.2) is 0 Å². The Morgan fingerprint density at radius 1 is 1.19 bits per heavy atom. The van der Waals surface area contributed by atoms with E-state index in [4.69, 9.17) is 27.9 Å². The Labute approximate surface area is 232 Å². The van der Waals surface area contributed by atoms with Crippen molar-refractivity contribution in [2.45, 2.75) is 39.7 Å². The number of benzene rings is 2.